The number of aliphatic hydroxyl groups is 1. The predicted molar refractivity (Wildman–Crippen MR) is 141 cm³/mol. The van der Waals surface area contributed by atoms with Crippen molar-refractivity contribution in [1.29, 1.82) is 0 Å². The topological polar surface area (TPSA) is 61.4 Å². The molecule has 1 aliphatic carbocycles. The Balaban J connectivity index is 1.77. The summed E-state index contributed by atoms with van der Waals surface area (Å²) >= 11 is 0. The summed E-state index contributed by atoms with van der Waals surface area (Å²) in [4.78, 5) is 11.9. The third-order valence-electron chi connectivity index (χ3n) is 7.55. The van der Waals surface area contributed by atoms with Crippen LogP contribution in [0.2, 0.25) is 0 Å². The molecular weight excluding hydrogens is 458 g/mol. The number of hydrogen-bond acceptors (Lipinski definition) is 3. The summed E-state index contributed by atoms with van der Waals surface area (Å²) in [6, 6.07) is 12.1. The maximum atomic E-state index is 13.7. The van der Waals surface area contributed by atoms with Crippen molar-refractivity contribution >= 4 is 5.91 Å². The molecule has 0 radical (unpaired) electrons. The van der Waals surface area contributed by atoms with E-state index < -0.39 is 11.6 Å². The number of nitrogens with one attached hydrogen (secondary N) is 2. The molecule has 1 aliphatic rings. The smallest absolute Gasteiger partial charge is 0.217 e. The molecule has 4 nitrogen and oxygen atoms in total. The quantitative estimate of drug-likeness (QED) is 0.389. The van der Waals surface area contributed by atoms with Crippen LogP contribution in [0.25, 0.3) is 0 Å². The van der Waals surface area contributed by atoms with Gasteiger partial charge in [-0.3, -0.25) is 4.79 Å². The van der Waals surface area contributed by atoms with E-state index in [0.29, 0.717) is 30.9 Å². The maximum absolute atomic E-state index is 13.7. The van der Waals surface area contributed by atoms with Crippen LogP contribution in [-0.4, -0.2) is 30.2 Å². The van der Waals surface area contributed by atoms with Crippen LogP contribution in [0.3, 0.4) is 0 Å². The summed E-state index contributed by atoms with van der Waals surface area (Å²) < 4.78 is 27.4. The van der Waals surface area contributed by atoms with Gasteiger partial charge in [0.2, 0.25) is 5.91 Å². The summed E-state index contributed by atoms with van der Waals surface area (Å²) in [5.41, 5.74) is 2.97. The molecule has 0 heterocycles. The first-order chi connectivity index (χ1) is 17.0. The second kappa shape index (κ2) is 12.3. The Morgan fingerprint density at radius 1 is 1.11 bits per heavy atom. The van der Waals surface area contributed by atoms with E-state index in [1.165, 1.54) is 30.2 Å². The summed E-state index contributed by atoms with van der Waals surface area (Å²) in [7, 11) is 0. The molecule has 0 aliphatic heterocycles. The molecule has 36 heavy (non-hydrogen) atoms. The van der Waals surface area contributed by atoms with E-state index in [1.54, 1.807) is 0 Å². The third kappa shape index (κ3) is 7.84. The maximum Gasteiger partial charge on any atom is 0.217 e. The fraction of sp³-hybridized carbons (Fsp3) is 0.567. The summed E-state index contributed by atoms with van der Waals surface area (Å²) in [5.74, 6) is -0.844. The van der Waals surface area contributed by atoms with Gasteiger partial charge in [0.15, 0.2) is 0 Å². The van der Waals surface area contributed by atoms with Crippen LogP contribution >= 0.6 is 0 Å². The highest BCUT2D eigenvalue weighted by Gasteiger charge is 2.37. The van der Waals surface area contributed by atoms with Gasteiger partial charge in [0.25, 0.3) is 0 Å². The number of benzene rings is 2. The van der Waals surface area contributed by atoms with Crippen LogP contribution in [0.1, 0.15) is 82.9 Å². The molecule has 0 saturated heterocycles. The molecule has 0 unspecified atom stereocenters. The lowest BCUT2D eigenvalue weighted by atomic mass is 9.71. The van der Waals surface area contributed by atoms with E-state index in [4.69, 9.17) is 0 Å². The molecule has 3 N–H and O–H groups in total. The second-order valence-electron chi connectivity index (χ2n) is 11.5. The Bertz CT molecular complexity index is 990. The molecule has 2 aromatic rings. The normalized spacial score (nSPS) is 21.2. The molecule has 0 aromatic heterocycles. The van der Waals surface area contributed by atoms with E-state index in [0.717, 1.165) is 38.2 Å². The van der Waals surface area contributed by atoms with Crippen LogP contribution in [-0.2, 0) is 22.2 Å². The van der Waals surface area contributed by atoms with Crippen LogP contribution in [0, 0.1) is 17.6 Å². The Morgan fingerprint density at radius 3 is 2.36 bits per heavy atom. The fourth-order valence-corrected chi connectivity index (χ4v) is 5.50. The Hall–Kier alpha value is -2.31. The van der Waals surface area contributed by atoms with Crippen LogP contribution in [0.15, 0.2) is 42.5 Å². The van der Waals surface area contributed by atoms with Crippen LogP contribution in [0.5, 0.6) is 0 Å². The summed E-state index contributed by atoms with van der Waals surface area (Å²) in [6.45, 7) is 9.01. The van der Waals surface area contributed by atoms with Gasteiger partial charge in [0.05, 0.1) is 0 Å². The van der Waals surface area contributed by atoms with Gasteiger partial charge in [-0.15, -0.1) is 0 Å². The zero-order valence-electron chi connectivity index (χ0n) is 22.2. The number of aliphatic hydroxyl groups excluding tert-OH is 1. The molecular formula is C30H42F2N2O2. The Morgan fingerprint density at radius 2 is 1.78 bits per heavy atom. The van der Waals surface area contributed by atoms with Gasteiger partial charge in [-0.2, -0.15) is 0 Å². The molecule has 1 saturated carbocycles. The molecule has 6 heteroatoms. The van der Waals surface area contributed by atoms with Crippen LogP contribution < -0.4 is 10.6 Å². The predicted octanol–water partition coefficient (Wildman–Crippen LogP) is 5.76. The monoisotopic (exact) mass is 500 g/mol. The summed E-state index contributed by atoms with van der Waals surface area (Å²) in [6.07, 6.45) is 5.89. The largest absolute Gasteiger partial charge is 0.396 e. The van der Waals surface area contributed by atoms with E-state index >= 15 is 0 Å². The van der Waals surface area contributed by atoms with Gasteiger partial charge in [0, 0.05) is 31.2 Å². The molecule has 0 spiro atoms. The minimum Gasteiger partial charge on any atom is -0.396 e. The molecule has 0 bridgehead atoms. The van der Waals surface area contributed by atoms with Crippen molar-refractivity contribution in [3.8, 4) is 0 Å². The molecule has 3 rings (SSSR count). The number of carbonyl (C=O) groups excluding carboxylic acids is 1. The zero-order valence-corrected chi connectivity index (χ0v) is 22.2. The minimum atomic E-state index is -0.609. The Kier molecular flexibility index (Phi) is 9.65. The highest BCUT2D eigenvalue weighted by atomic mass is 19.1. The first kappa shape index (κ1) is 28.3. The van der Waals surface area contributed by atoms with Gasteiger partial charge in [-0.05, 0) is 91.6 Å². The first-order valence-corrected chi connectivity index (χ1v) is 13.2. The molecule has 2 aromatic carbocycles. The number of amides is 1. The fourth-order valence-electron chi connectivity index (χ4n) is 5.50. The van der Waals surface area contributed by atoms with E-state index in [9.17, 15) is 18.7 Å². The van der Waals surface area contributed by atoms with Crippen molar-refractivity contribution in [2.75, 3.05) is 13.2 Å². The average molecular weight is 501 g/mol. The molecule has 1 amide bonds. The number of rotatable bonds is 10. The molecule has 1 atom stereocenters. The minimum absolute atomic E-state index is 0.0437. The van der Waals surface area contributed by atoms with E-state index in [1.807, 2.05) is 0 Å². The van der Waals surface area contributed by atoms with Crippen LogP contribution in [0.4, 0.5) is 8.78 Å². The standard InChI is InChI=1S/C30H42F2N2O2/c1-21(36)34-28(18-23-16-26(31)20-27(32)17-23)10-14-33-30(12-8-22(9-13-30)11-15-35)25-7-5-6-24(19-25)29(2,3)4/h5-7,16-17,19-20,22,28,33,35H,8-15,18H2,1-4H3,(H,34,36)/t22?,28-,30?/m1/s1. The van der Waals surface area contributed by atoms with Crippen molar-refractivity contribution in [2.45, 2.75) is 89.6 Å². The number of carbonyl (C=O) groups is 1. The highest BCUT2D eigenvalue weighted by molar-refractivity contribution is 5.73. The van der Waals surface area contributed by atoms with Crippen molar-refractivity contribution < 1.29 is 18.7 Å². The van der Waals surface area contributed by atoms with Crippen molar-refractivity contribution in [1.82, 2.24) is 10.6 Å². The second-order valence-corrected chi connectivity index (χ2v) is 11.5. The third-order valence-corrected chi connectivity index (χ3v) is 7.55. The Labute approximate surface area is 214 Å². The lowest BCUT2D eigenvalue weighted by Gasteiger charge is -2.42. The van der Waals surface area contributed by atoms with Crippen molar-refractivity contribution in [2.24, 2.45) is 5.92 Å². The molecule has 198 valence electrons. The van der Waals surface area contributed by atoms with Crippen molar-refractivity contribution in [3.05, 3.63) is 70.8 Å². The summed E-state index contributed by atoms with van der Waals surface area (Å²) in [5, 5.41) is 16.2. The van der Waals surface area contributed by atoms with Gasteiger partial charge in [-0.25, -0.2) is 8.78 Å². The lowest BCUT2D eigenvalue weighted by Crippen LogP contribution is -2.47. The SMILES string of the molecule is CC(=O)N[C@H](CCNC1(c2cccc(C(C)(C)C)c2)CCC(CCO)CC1)Cc1cc(F)cc(F)c1. The van der Waals surface area contributed by atoms with Crippen molar-refractivity contribution in [3.63, 3.8) is 0 Å². The molecule has 1 fully saturated rings. The van der Waals surface area contributed by atoms with Gasteiger partial charge in [0.1, 0.15) is 11.6 Å². The van der Waals surface area contributed by atoms with E-state index in [-0.39, 0.29) is 29.5 Å². The van der Waals surface area contributed by atoms with Gasteiger partial charge < -0.3 is 15.7 Å². The highest BCUT2D eigenvalue weighted by Crippen LogP contribution is 2.41. The number of hydrogen-bond donors (Lipinski definition) is 3. The first-order valence-electron chi connectivity index (χ1n) is 13.2. The van der Waals surface area contributed by atoms with E-state index in [2.05, 4.69) is 55.7 Å². The van der Waals surface area contributed by atoms with Gasteiger partial charge >= 0.3 is 0 Å². The lowest BCUT2D eigenvalue weighted by molar-refractivity contribution is -0.119. The average Bonchev–Trinajstić information content (AvgIpc) is 2.79. The number of halogens is 2. The zero-order chi connectivity index (χ0) is 26.3. The van der Waals surface area contributed by atoms with Gasteiger partial charge in [-0.1, -0.05) is 45.0 Å².